The first-order valence-corrected chi connectivity index (χ1v) is 1.76. The van der Waals surface area contributed by atoms with E-state index in [4.69, 9.17) is 0 Å². The van der Waals surface area contributed by atoms with Crippen LogP contribution in [0.15, 0.2) is 0 Å². The molecule has 9 heavy (non-hydrogen) atoms. The van der Waals surface area contributed by atoms with Gasteiger partial charge in [0, 0.05) is 0 Å². The molecule has 0 aromatic rings. The lowest BCUT2D eigenvalue weighted by molar-refractivity contribution is -0.172. The Hall–Kier alpha value is -0.805. The minimum atomic E-state index is -5.13. The number of rotatable bonds is 1. The van der Waals surface area contributed by atoms with E-state index in [2.05, 4.69) is 7.85 Å². The van der Waals surface area contributed by atoms with Crippen LogP contribution in [0.4, 0.5) is 13.2 Å². The maximum atomic E-state index is 11.0. The first kappa shape index (κ1) is 8.19. The van der Waals surface area contributed by atoms with E-state index < -0.39 is 17.6 Å². The van der Waals surface area contributed by atoms with E-state index in [1.54, 1.807) is 0 Å². The zero-order valence-electron chi connectivity index (χ0n) is 4.03. The normalized spacial score (nSPS) is 11.0. The minimum absolute atomic E-state index is 1.98. The second-order valence-electron chi connectivity index (χ2n) is 1.19. The standard InChI is InChI=1S/C3BF3O2/c4-2(9)1(8)3(5,6)7. The predicted octanol–water partition coefficient (Wildman–Crippen LogP) is -0.187. The third kappa shape index (κ3) is 2.30. The number of carbonyl (C=O) groups excluding carboxylic acids is 2. The lowest BCUT2D eigenvalue weighted by atomic mass is 9.98. The summed E-state index contributed by atoms with van der Waals surface area (Å²) in [4.78, 5) is 19.1. The molecule has 0 saturated carbocycles. The Labute approximate surface area is 49.4 Å². The monoisotopic (exact) mass is 136 g/mol. The Morgan fingerprint density at radius 1 is 1.22 bits per heavy atom. The summed E-state index contributed by atoms with van der Waals surface area (Å²) in [6.07, 6.45) is -5.13. The van der Waals surface area contributed by atoms with Crippen molar-refractivity contribution < 1.29 is 22.8 Å². The van der Waals surface area contributed by atoms with Gasteiger partial charge in [-0.15, -0.1) is 0 Å². The summed E-state index contributed by atoms with van der Waals surface area (Å²) >= 11 is 0. The quantitative estimate of drug-likeness (QED) is 0.369. The van der Waals surface area contributed by atoms with Crippen molar-refractivity contribution >= 4 is 19.3 Å². The average molecular weight is 136 g/mol. The Kier molecular flexibility index (Phi) is 2.01. The molecule has 0 bridgehead atoms. The van der Waals surface area contributed by atoms with Gasteiger partial charge >= 0.3 is 6.18 Å². The molecule has 0 aliphatic rings. The highest BCUT2D eigenvalue weighted by molar-refractivity contribution is 6.77. The van der Waals surface area contributed by atoms with Crippen LogP contribution in [0.3, 0.4) is 0 Å². The lowest BCUT2D eigenvalue weighted by Crippen LogP contribution is -2.30. The summed E-state index contributed by atoms with van der Waals surface area (Å²) in [7, 11) is 4.01. The zero-order chi connectivity index (χ0) is 7.65. The van der Waals surface area contributed by atoms with Crippen molar-refractivity contribution in [3.63, 3.8) is 0 Å². The molecule has 2 nitrogen and oxygen atoms in total. The molecule has 48 valence electrons. The van der Waals surface area contributed by atoms with Crippen LogP contribution < -0.4 is 0 Å². The summed E-state index contributed by atoms with van der Waals surface area (Å²) in [6, 6.07) is 0. The molecule has 0 spiro atoms. The van der Waals surface area contributed by atoms with Gasteiger partial charge in [0.25, 0.3) is 5.78 Å². The molecule has 0 atom stereocenters. The molecular weight excluding hydrogens is 136 g/mol. The van der Waals surface area contributed by atoms with Crippen LogP contribution in [0.2, 0.25) is 0 Å². The van der Waals surface area contributed by atoms with Crippen molar-refractivity contribution in [3.05, 3.63) is 0 Å². The topological polar surface area (TPSA) is 34.1 Å². The molecule has 0 amide bonds. The molecule has 0 rings (SSSR count). The van der Waals surface area contributed by atoms with Gasteiger partial charge in [0.05, 0.1) is 0 Å². The van der Waals surface area contributed by atoms with Gasteiger partial charge in [-0.3, -0.25) is 4.79 Å². The summed E-state index contributed by atoms with van der Waals surface area (Å²) < 4.78 is 33.1. The van der Waals surface area contributed by atoms with Crippen LogP contribution in [-0.4, -0.2) is 25.5 Å². The number of halogens is 3. The number of alkyl halides is 3. The fourth-order valence-corrected chi connectivity index (χ4v) is 0.140. The maximum Gasteiger partial charge on any atom is 0.456 e. The van der Waals surface area contributed by atoms with E-state index in [0.29, 0.717) is 0 Å². The molecule has 0 saturated heterocycles. The molecule has 2 radical (unpaired) electrons. The molecule has 0 heterocycles. The second kappa shape index (κ2) is 2.20. The Bertz CT molecular complexity index is 150. The van der Waals surface area contributed by atoms with Crippen LogP contribution in [-0.2, 0) is 9.59 Å². The lowest BCUT2D eigenvalue weighted by Gasteiger charge is -1.98. The average Bonchev–Trinajstić information content (AvgIpc) is 1.62. The molecular formula is C3BF3O2. The highest BCUT2D eigenvalue weighted by atomic mass is 19.4. The second-order valence-corrected chi connectivity index (χ2v) is 1.19. The first-order valence-electron chi connectivity index (χ1n) is 1.76. The molecule has 0 N–H and O–H groups in total. The molecule has 0 unspecified atom stereocenters. The van der Waals surface area contributed by atoms with Gasteiger partial charge in [0.1, 0.15) is 5.68 Å². The first-order chi connectivity index (χ1) is 3.85. The summed E-state index contributed by atoms with van der Waals surface area (Å²) in [6.45, 7) is 0. The van der Waals surface area contributed by atoms with Crippen LogP contribution in [0.5, 0.6) is 0 Å². The van der Waals surface area contributed by atoms with Gasteiger partial charge in [-0.1, -0.05) is 0 Å². The van der Waals surface area contributed by atoms with Gasteiger partial charge in [-0.2, -0.15) is 13.2 Å². The van der Waals surface area contributed by atoms with Gasteiger partial charge in [-0.05, 0) is 0 Å². The smallest absolute Gasteiger partial charge is 0.304 e. The number of carbonyl (C=O) groups is 2. The number of ketones is 1. The van der Waals surface area contributed by atoms with Gasteiger partial charge in [-0.25, -0.2) is 0 Å². The van der Waals surface area contributed by atoms with Gasteiger partial charge in [0.15, 0.2) is 7.85 Å². The molecule has 0 aliphatic heterocycles. The Morgan fingerprint density at radius 3 is 1.56 bits per heavy atom. The highest BCUT2D eigenvalue weighted by Gasteiger charge is 2.40. The molecule has 6 heteroatoms. The zero-order valence-corrected chi connectivity index (χ0v) is 4.03. The Balaban J connectivity index is 4.23. The summed E-state index contributed by atoms with van der Waals surface area (Å²) in [5, 5.41) is 0. The van der Waals surface area contributed by atoms with Crippen LogP contribution in [0.25, 0.3) is 0 Å². The summed E-state index contributed by atoms with van der Waals surface area (Å²) in [5.41, 5.74) is -1.98. The minimum Gasteiger partial charge on any atom is -0.304 e. The van der Waals surface area contributed by atoms with Crippen molar-refractivity contribution in [2.75, 3.05) is 0 Å². The molecule has 0 aromatic carbocycles. The molecule has 0 aliphatic carbocycles. The van der Waals surface area contributed by atoms with E-state index in [0.717, 1.165) is 0 Å². The third-order valence-corrected chi connectivity index (χ3v) is 0.481. The fourth-order valence-electron chi connectivity index (χ4n) is 0.140. The van der Waals surface area contributed by atoms with E-state index >= 15 is 0 Å². The van der Waals surface area contributed by atoms with Gasteiger partial charge < -0.3 is 4.79 Å². The van der Waals surface area contributed by atoms with Crippen LogP contribution in [0.1, 0.15) is 0 Å². The van der Waals surface area contributed by atoms with Crippen molar-refractivity contribution in [2.24, 2.45) is 0 Å². The highest BCUT2D eigenvalue weighted by Crippen LogP contribution is 2.15. The van der Waals surface area contributed by atoms with Crippen molar-refractivity contribution in [1.82, 2.24) is 0 Å². The number of hydrogen-bond acceptors (Lipinski definition) is 2. The SMILES string of the molecule is [B]C(=O)C(=O)C(F)(F)F. The van der Waals surface area contributed by atoms with Crippen molar-refractivity contribution in [3.8, 4) is 0 Å². The molecule has 0 fully saturated rings. The van der Waals surface area contributed by atoms with E-state index in [1.807, 2.05) is 0 Å². The largest absolute Gasteiger partial charge is 0.456 e. The third-order valence-electron chi connectivity index (χ3n) is 0.481. The van der Waals surface area contributed by atoms with Gasteiger partial charge in [0.2, 0.25) is 0 Å². The van der Waals surface area contributed by atoms with E-state index in [9.17, 15) is 22.8 Å². The van der Waals surface area contributed by atoms with Crippen LogP contribution >= 0.6 is 0 Å². The maximum absolute atomic E-state index is 11.0. The molecule has 0 aromatic heterocycles. The summed E-state index contributed by atoms with van der Waals surface area (Å²) in [5.74, 6) is -2.53. The fraction of sp³-hybridized carbons (Fsp3) is 0.333. The number of hydrogen-bond donors (Lipinski definition) is 0. The van der Waals surface area contributed by atoms with Crippen molar-refractivity contribution in [1.29, 1.82) is 0 Å². The predicted molar refractivity (Wildman–Crippen MR) is 21.8 cm³/mol. The van der Waals surface area contributed by atoms with E-state index in [1.165, 1.54) is 0 Å². The van der Waals surface area contributed by atoms with Crippen molar-refractivity contribution in [2.45, 2.75) is 6.18 Å². The van der Waals surface area contributed by atoms with E-state index in [-0.39, 0.29) is 0 Å². The van der Waals surface area contributed by atoms with Crippen LogP contribution in [0, 0.1) is 0 Å². The number of Topliss-reactive ketones (excluding diaryl/α,β-unsaturated/α-hetero) is 1. The Morgan fingerprint density at radius 2 is 1.56 bits per heavy atom.